The Morgan fingerprint density at radius 2 is 0.732 bits per heavy atom. The van der Waals surface area contributed by atoms with Crippen molar-refractivity contribution >= 4 is 36.5 Å². The van der Waals surface area contributed by atoms with Crippen LogP contribution in [-0.4, -0.2) is 0 Å². The molecule has 0 heterocycles. The second kappa shape index (κ2) is 16.4. The van der Waals surface area contributed by atoms with E-state index in [1.54, 1.807) is 0 Å². The smallest absolute Gasteiger partial charge is 0.0256 e. The van der Waals surface area contributed by atoms with Crippen molar-refractivity contribution < 1.29 is 0 Å². The standard InChI is InChI=1S/C41H46/c1-4-5-6-7-8-9-34-10-12-35(13-11-34)14-15-36-16-18-37(19-17-36)20-21-38-22-24-39(25-23-38)26-27-40-28-30-41(31-29-40)32-33(2)3/h10-31,33H,4-9,32H2,1-3H3. The second-order valence-electron chi connectivity index (χ2n) is 11.6. The molecule has 210 valence electrons. The van der Waals surface area contributed by atoms with Gasteiger partial charge in [0.25, 0.3) is 0 Å². The topological polar surface area (TPSA) is 0 Å². The Morgan fingerprint density at radius 1 is 0.415 bits per heavy atom. The van der Waals surface area contributed by atoms with Gasteiger partial charge in [-0.05, 0) is 69.7 Å². The Labute approximate surface area is 249 Å². The van der Waals surface area contributed by atoms with Crippen LogP contribution in [0, 0.1) is 5.92 Å². The van der Waals surface area contributed by atoms with E-state index in [4.69, 9.17) is 0 Å². The molecule has 4 aromatic carbocycles. The predicted octanol–water partition coefficient (Wildman–Crippen LogP) is 11.9. The lowest BCUT2D eigenvalue weighted by Crippen LogP contribution is -1.93. The summed E-state index contributed by atoms with van der Waals surface area (Å²) in [5, 5.41) is 0. The molecule has 0 aromatic heterocycles. The Bertz CT molecular complexity index is 1380. The first-order valence-electron chi connectivity index (χ1n) is 15.5. The maximum absolute atomic E-state index is 2.28. The van der Waals surface area contributed by atoms with E-state index in [1.807, 2.05) is 0 Å². The zero-order valence-corrected chi connectivity index (χ0v) is 25.2. The monoisotopic (exact) mass is 538 g/mol. The number of hydrogen-bond acceptors (Lipinski definition) is 0. The van der Waals surface area contributed by atoms with Crippen molar-refractivity contribution in [1.29, 1.82) is 0 Å². The van der Waals surface area contributed by atoms with Gasteiger partial charge in [0.15, 0.2) is 0 Å². The van der Waals surface area contributed by atoms with Crippen LogP contribution < -0.4 is 0 Å². The van der Waals surface area contributed by atoms with Crippen molar-refractivity contribution in [3.05, 3.63) is 142 Å². The Hall–Kier alpha value is -3.90. The van der Waals surface area contributed by atoms with Crippen molar-refractivity contribution in [1.82, 2.24) is 0 Å². The molecule has 0 atom stereocenters. The van der Waals surface area contributed by atoms with Crippen LogP contribution in [0.15, 0.2) is 97.1 Å². The van der Waals surface area contributed by atoms with Gasteiger partial charge in [-0.3, -0.25) is 0 Å². The van der Waals surface area contributed by atoms with Gasteiger partial charge in [-0.15, -0.1) is 0 Å². The van der Waals surface area contributed by atoms with Gasteiger partial charge in [0.05, 0.1) is 0 Å². The van der Waals surface area contributed by atoms with Crippen molar-refractivity contribution in [3.8, 4) is 0 Å². The molecular weight excluding hydrogens is 492 g/mol. The first kappa shape index (κ1) is 30.1. The summed E-state index contributed by atoms with van der Waals surface area (Å²) >= 11 is 0. The van der Waals surface area contributed by atoms with Crippen LogP contribution in [0.3, 0.4) is 0 Å². The summed E-state index contributed by atoms with van der Waals surface area (Å²) in [5.74, 6) is 0.689. The molecule has 0 aliphatic rings. The van der Waals surface area contributed by atoms with Gasteiger partial charge in [-0.2, -0.15) is 0 Å². The first-order valence-corrected chi connectivity index (χ1v) is 15.5. The zero-order valence-electron chi connectivity index (χ0n) is 25.2. The van der Waals surface area contributed by atoms with Crippen LogP contribution in [0.4, 0.5) is 0 Å². The minimum atomic E-state index is 0.689. The van der Waals surface area contributed by atoms with Crippen LogP contribution in [-0.2, 0) is 12.8 Å². The third-order valence-electron chi connectivity index (χ3n) is 7.45. The Kier molecular flexibility index (Phi) is 12.0. The zero-order chi connectivity index (χ0) is 28.7. The molecule has 0 saturated carbocycles. The Morgan fingerprint density at radius 3 is 1.07 bits per heavy atom. The summed E-state index contributed by atoms with van der Waals surface area (Å²) in [6.45, 7) is 6.80. The van der Waals surface area contributed by atoms with Crippen LogP contribution in [0.2, 0.25) is 0 Å². The van der Waals surface area contributed by atoms with E-state index in [0.717, 1.165) is 6.42 Å². The van der Waals surface area contributed by atoms with E-state index in [2.05, 4.69) is 154 Å². The van der Waals surface area contributed by atoms with Gasteiger partial charge >= 0.3 is 0 Å². The highest BCUT2D eigenvalue weighted by Gasteiger charge is 1.98. The van der Waals surface area contributed by atoms with Crippen LogP contribution in [0.25, 0.3) is 36.5 Å². The van der Waals surface area contributed by atoms with Crippen LogP contribution in [0.1, 0.15) is 97.4 Å². The minimum absolute atomic E-state index is 0.689. The number of rotatable bonds is 14. The largest absolute Gasteiger partial charge is 0.0654 e. The first-order chi connectivity index (χ1) is 20.1. The molecule has 41 heavy (non-hydrogen) atoms. The SMILES string of the molecule is CCCCCCCc1ccc(C=Cc2ccc(C=Cc3ccc(C=Cc4ccc(CC(C)C)cc4)cc3)cc2)cc1. The van der Waals surface area contributed by atoms with E-state index in [9.17, 15) is 0 Å². The molecule has 0 unspecified atom stereocenters. The van der Waals surface area contributed by atoms with Gasteiger partial charge in [-0.25, -0.2) is 0 Å². The average Bonchev–Trinajstić information content (AvgIpc) is 3.00. The van der Waals surface area contributed by atoms with E-state index in [0.29, 0.717) is 5.92 Å². The molecule has 0 N–H and O–H groups in total. The Balaban J connectivity index is 1.25. The van der Waals surface area contributed by atoms with Gasteiger partial charge < -0.3 is 0 Å². The fraction of sp³-hybridized carbons (Fsp3) is 0.268. The van der Waals surface area contributed by atoms with Crippen molar-refractivity contribution in [2.75, 3.05) is 0 Å². The molecular formula is C41H46. The lowest BCUT2D eigenvalue weighted by molar-refractivity contribution is 0.632. The number of hydrogen-bond donors (Lipinski definition) is 0. The summed E-state index contributed by atoms with van der Waals surface area (Å²) in [4.78, 5) is 0. The van der Waals surface area contributed by atoms with Gasteiger partial charge in [0, 0.05) is 0 Å². The number of unbranched alkanes of at least 4 members (excludes halogenated alkanes) is 4. The summed E-state index contributed by atoms with van der Waals surface area (Å²) in [6.07, 6.45) is 22.1. The summed E-state index contributed by atoms with van der Waals surface area (Å²) in [5.41, 5.74) is 10.2. The molecule has 0 radical (unpaired) electrons. The fourth-order valence-corrected chi connectivity index (χ4v) is 4.98. The van der Waals surface area contributed by atoms with Crippen LogP contribution >= 0.6 is 0 Å². The quantitative estimate of drug-likeness (QED) is 0.111. The maximum Gasteiger partial charge on any atom is -0.0256 e. The molecule has 0 heteroatoms. The third-order valence-corrected chi connectivity index (χ3v) is 7.45. The minimum Gasteiger partial charge on any atom is -0.0654 e. The van der Waals surface area contributed by atoms with E-state index in [-0.39, 0.29) is 0 Å². The molecule has 0 amide bonds. The summed E-state index contributed by atoms with van der Waals surface area (Å²) < 4.78 is 0. The van der Waals surface area contributed by atoms with Crippen LogP contribution in [0.5, 0.6) is 0 Å². The molecule has 0 aliphatic carbocycles. The molecule has 4 aromatic rings. The van der Waals surface area contributed by atoms with Gasteiger partial charge in [0.1, 0.15) is 0 Å². The van der Waals surface area contributed by atoms with Gasteiger partial charge in [0.2, 0.25) is 0 Å². The molecule has 0 spiro atoms. The summed E-state index contributed by atoms with van der Waals surface area (Å²) in [7, 11) is 0. The number of benzene rings is 4. The highest BCUT2D eigenvalue weighted by molar-refractivity contribution is 5.74. The van der Waals surface area contributed by atoms with E-state index < -0.39 is 0 Å². The molecule has 4 rings (SSSR count). The number of aryl methyl sites for hydroxylation is 1. The fourth-order valence-electron chi connectivity index (χ4n) is 4.98. The highest BCUT2D eigenvalue weighted by atomic mass is 14.0. The molecule has 0 nitrogen and oxygen atoms in total. The third kappa shape index (κ3) is 10.9. The van der Waals surface area contributed by atoms with Crippen molar-refractivity contribution in [2.24, 2.45) is 5.92 Å². The highest BCUT2D eigenvalue weighted by Crippen LogP contribution is 2.17. The lowest BCUT2D eigenvalue weighted by Gasteiger charge is -2.04. The van der Waals surface area contributed by atoms with Crippen molar-refractivity contribution in [3.63, 3.8) is 0 Å². The molecule has 0 fully saturated rings. The molecule has 0 aliphatic heterocycles. The molecule has 0 bridgehead atoms. The molecule has 0 saturated heterocycles. The predicted molar refractivity (Wildman–Crippen MR) is 184 cm³/mol. The van der Waals surface area contributed by atoms with E-state index in [1.165, 1.54) is 83.0 Å². The average molecular weight is 539 g/mol. The normalized spacial score (nSPS) is 11.9. The summed E-state index contributed by atoms with van der Waals surface area (Å²) in [6, 6.07) is 35.4. The van der Waals surface area contributed by atoms with E-state index >= 15 is 0 Å². The van der Waals surface area contributed by atoms with Crippen molar-refractivity contribution in [2.45, 2.75) is 65.7 Å². The van der Waals surface area contributed by atoms with Gasteiger partial charge in [-0.1, -0.05) is 180 Å². The lowest BCUT2D eigenvalue weighted by atomic mass is 10.0. The second-order valence-corrected chi connectivity index (χ2v) is 11.6. The maximum atomic E-state index is 2.28.